The van der Waals surface area contributed by atoms with Gasteiger partial charge in [0.2, 0.25) is 6.79 Å². The van der Waals surface area contributed by atoms with Gasteiger partial charge in [0, 0.05) is 17.4 Å². The number of ether oxygens (including phenoxy) is 2. The van der Waals surface area contributed by atoms with Crippen LogP contribution in [0.4, 0.5) is 0 Å². The van der Waals surface area contributed by atoms with Crippen LogP contribution in [0.2, 0.25) is 0 Å². The monoisotopic (exact) mass is 431 g/mol. The lowest BCUT2D eigenvalue weighted by Crippen LogP contribution is -2.29. The van der Waals surface area contributed by atoms with Crippen LogP contribution >= 0.6 is 0 Å². The number of fused-ring (bicyclic) bond motifs is 1. The predicted octanol–water partition coefficient (Wildman–Crippen LogP) is 6.11. The van der Waals surface area contributed by atoms with Crippen molar-refractivity contribution >= 4 is 11.4 Å². The predicted molar refractivity (Wildman–Crippen MR) is 128 cm³/mol. The van der Waals surface area contributed by atoms with Crippen molar-refractivity contribution in [3.05, 3.63) is 133 Å². The first-order chi connectivity index (χ1) is 16.3. The summed E-state index contributed by atoms with van der Waals surface area (Å²) in [5, 5.41) is 0. The third kappa shape index (κ3) is 3.66. The van der Waals surface area contributed by atoms with E-state index >= 15 is 0 Å². The van der Waals surface area contributed by atoms with Gasteiger partial charge in [-0.25, -0.2) is 0 Å². The number of hydrogen-bond acceptors (Lipinski definition) is 3. The van der Waals surface area contributed by atoms with Crippen LogP contribution in [-0.2, 0) is 4.79 Å². The molecule has 1 aliphatic heterocycles. The van der Waals surface area contributed by atoms with Gasteiger partial charge in [0.25, 0.3) is 0 Å². The molecule has 0 bridgehead atoms. The molecule has 3 aliphatic rings. The molecule has 0 saturated heterocycles. The highest BCUT2D eigenvalue weighted by atomic mass is 16.7. The Hall–Kier alpha value is -3.33. The first-order valence-electron chi connectivity index (χ1n) is 11.3. The van der Waals surface area contributed by atoms with Gasteiger partial charge in [0.15, 0.2) is 17.3 Å². The summed E-state index contributed by atoms with van der Waals surface area (Å²) in [7, 11) is 0. The van der Waals surface area contributed by atoms with Gasteiger partial charge in [0.1, 0.15) is 0 Å². The SMILES string of the molecule is O=C1C(c2ccccc2)=C([C]2[CH][CH][CH][CH]2)CC(c2ccc3c(c2)OCO3)C1c1ccccc1. The zero-order chi connectivity index (χ0) is 22.2. The van der Waals surface area contributed by atoms with Crippen molar-refractivity contribution in [2.24, 2.45) is 0 Å². The molecule has 3 heteroatoms. The first-order valence-corrected chi connectivity index (χ1v) is 11.3. The van der Waals surface area contributed by atoms with Gasteiger partial charge >= 0.3 is 0 Å². The quantitative estimate of drug-likeness (QED) is 0.500. The Morgan fingerprint density at radius 1 is 0.727 bits per heavy atom. The first kappa shape index (κ1) is 20.3. The zero-order valence-corrected chi connectivity index (χ0v) is 18.1. The van der Waals surface area contributed by atoms with Crippen molar-refractivity contribution in [1.29, 1.82) is 0 Å². The van der Waals surface area contributed by atoms with Crippen LogP contribution in [0, 0.1) is 31.6 Å². The van der Waals surface area contributed by atoms with E-state index in [1.807, 2.05) is 73.5 Å². The summed E-state index contributed by atoms with van der Waals surface area (Å²) in [6, 6.07) is 26.3. The Balaban J connectivity index is 1.52. The summed E-state index contributed by atoms with van der Waals surface area (Å²) in [6.07, 6.45) is 9.04. The van der Waals surface area contributed by atoms with Crippen LogP contribution in [0.1, 0.15) is 34.9 Å². The van der Waals surface area contributed by atoms with Crippen LogP contribution in [0.15, 0.2) is 84.4 Å². The Morgan fingerprint density at radius 2 is 1.42 bits per heavy atom. The highest BCUT2D eigenvalue weighted by molar-refractivity contribution is 6.26. The summed E-state index contributed by atoms with van der Waals surface area (Å²) < 4.78 is 11.2. The topological polar surface area (TPSA) is 35.5 Å². The fourth-order valence-corrected chi connectivity index (χ4v) is 5.18. The van der Waals surface area contributed by atoms with Crippen molar-refractivity contribution in [2.75, 3.05) is 6.79 Å². The molecule has 3 aromatic rings. The Bertz CT molecular complexity index is 1190. The van der Waals surface area contributed by atoms with E-state index in [2.05, 4.69) is 31.0 Å². The highest BCUT2D eigenvalue weighted by Crippen LogP contribution is 2.52. The summed E-state index contributed by atoms with van der Waals surface area (Å²) in [6.45, 7) is 0.237. The molecule has 1 heterocycles. The molecule has 2 atom stereocenters. The van der Waals surface area contributed by atoms with Gasteiger partial charge in [-0.3, -0.25) is 4.79 Å². The second-order valence-electron chi connectivity index (χ2n) is 8.57. The average Bonchev–Trinajstić information content (AvgIpc) is 3.56. The Morgan fingerprint density at radius 3 is 2.18 bits per heavy atom. The van der Waals surface area contributed by atoms with Crippen LogP contribution in [0.25, 0.3) is 5.57 Å². The standard InChI is InChI=1S/C30H23O3/c31-30-28(21-11-3-1-4-12-21)24(20-9-7-8-10-20)18-25(29(30)22-13-5-2-6-14-22)23-15-16-26-27(17-23)33-19-32-26/h1-17,25,29H,18-19H2. The van der Waals surface area contributed by atoms with Gasteiger partial charge in [-0.1, -0.05) is 72.3 Å². The van der Waals surface area contributed by atoms with Gasteiger partial charge < -0.3 is 9.47 Å². The Kier molecular flexibility index (Phi) is 5.26. The molecule has 0 N–H and O–H groups in total. The van der Waals surface area contributed by atoms with E-state index in [-0.39, 0.29) is 24.4 Å². The number of hydrogen-bond donors (Lipinski definition) is 0. The molecule has 1 saturated carbocycles. The third-order valence-electron chi connectivity index (χ3n) is 6.71. The van der Waals surface area contributed by atoms with Crippen LogP contribution in [0.3, 0.4) is 0 Å². The molecular weight excluding hydrogens is 408 g/mol. The maximum atomic E-state index is 14.3. The van der Waals surface area contributed by atoms with E-state index < -0.39 is 0 Å². The summed E-state index contributed by atoms with van der Waals surface area (Å²) in [5.74, 6) is 2.50. The van der Waals surface area contributed by atoms with Crippen LogP contribution in [-0.4, -0.2) is 12.6 Å². The minimum absolute atomic E-state index is 0.00763. The number of Topliss-reactive ketones (excluding diaryl/α,β-unsaturated/α-hetero) is 1. The van der Waals surface area contributed by atoms with Gasteiger partial charge in [-0.15, -0.1) is 0 Å². The van der Waals surface area contributed by atoms with Crippen molar-refractivity contribution in [3.8, 4) is 11.5 Å². The largest absolute Gasteiger partial charge is 0.454 e. The second-order valence-corrected chi connectivity index (χ2v) is 8.57. The normalized spacial score (nSPS) is 22.7. The lowest BCUT2D eigenvalue weighted by atomic mass is 9.65. The number of allylic oxidation sites excluding steroid dienone is 2. The third-order valence-corrected chi connectivity index (χ3v) is 6.71. The minimum atomic E-state index is -0.277. The number of benzene rings is 3. The van der Waals surface area contributed by atoms with Crippen molar-refractivity contribution in [3.63, 3.8) is 0 Å². The molecule has 0 aromatic heterocycles. The molecule has 0 amide bonds. The van der Waals surface area contributed by atoms with Crippen molar-refractivity contribution in [1.82, 2.24) is 0 Å². The van der Waals surface area contributed by atoms with Gasteiger partial charge in [0.05, 0.1) is 5.92 Å². The van der Waals surface area contributed by atoms with E-state index in [4.69, 9.17) is 9.47 Å². The van der Waals surface area contributed by atoms with E-state index in [0.717, 1.165) is 51.7 Å². The van der Waals surface area contributed by atoms with E-state index in [0.29, 0.717) is 0 Å². The van der Waals surface area contributed by atoms with Crippen LogP contribution in [0.5, 0.6) is 11.5 Å². The fraction of sp³-hybridized carbons (Fsp3) is 0.133. The summed E-state index contributed by atoms with van der Waals surface area (Å²) in [4.78, 5) is 14.3. The maximum Gasteiger partial charge on any atom is 0.231 e. The lowest BCUT2D eigenvalue weighted by Gasteiger charge is -2.36. The Labute approximate surface area is 195 Å². The van der Waals surface area contributed by atoms with Crippen LogP contribution < -0.4 is 9.47 Å². The van der Waals surface area contributed by atoms with E-state index in [9.17, 15) is 4.79 Å². The average molecular weight is 432 g/mol. The highest BCUT2D eigenvalue weighted by Gasteiger charge is 2.42. The molecule has 0 spiro atoms. The van der Waals surface area contributed by atoms with Gasteiger partial charge in [-0.05, 0) is 60.9 Å². The number of carbonyl (C=O) groups excluding carboxylic acids is 1. The van der Waals surface area contributed by atoms with Crippen molar-refractivity contribution in [2.45, 2.75) is 18.3 Å². The summed E-state index contributed by atoms with van der Waals surface area (Å²) >= 11 is 0. The maximum absolute atomic E-state index is 14.3. The molecule has 2 unspecified atom stereocenters. The van der Waals surface area contributed by atoms with E-state index in [1.54, 1.807) is 0 Å². The fourth-order valence-electron chi connectivity index (χ4n) is 5.18. The number of carbonyl (C=O) groups is 1. The minimum Gasteiger partial charge on any atom is -0.454 e. The van der Waals surface area contributed by atoms with E-state index in [1.165, 1.54) is 0 Å². The van der Waals surface area contributed by atoms with Crippen molar-refractivity contribution < 1.29 is 14.3 Å². The number of rotatable bonds is 4. The van der Waals surface area contributed by atoms with Gasteiger partial charge in [-0.2, -0.15) is 0 Å². The molecule has 6 rings (SSSR count). The molecule has 5 radical (unpaired) electrons. The number of ketones is 1. The molecule has 2 aliphatic carbocycles. The molecule has 33 heavy (non-hydrogen) atoms. The molecular formula is C30H23O3. The second kappa shape index (κ2) is 8.55. The molecule has 161 valence electrons. The molecule has 1 fully saturated rings. The smallest absolute Gasteiger partial charge is 0.231 e. The lowest BCUT2D eigenvalue weighted by molar-refractivity contribution is -0.116. The zero-order valence-electron chi connectivity index (χ0n) is 18.1. The summed E-state index contributed by atoms with van der Waals surface area (Å²) in [5.41, 5.74) is 5.04. The molecule has 3 nitrogen and oxygen atoms in total. The molecule has 3 aromatic carbocycles.